The maximum atomic E-state index is 4.54. The van der Waals surface area contributed by atoms with E-state index in [0.717, 1.165) is 43.2 Å². The van der Waals surface area contributed by atoms with E-state index in [4.69, 9.17) is 0 Å². The first-order valence-corrected chi connectivity index (χ1v) is 9.53. The van der Waals surface area contributed by atoms with Crippen molar-refractivity contribution in [1.82, 2.24) is 19.9 Å². The average Bonchev–Trinajstić information content (AvgIpc) is 2.75. The first kappa shape index (κ1) is 18.2. The number of piperazine rings is 1. The van der Waals surface area contributed by atoms with Crippen LogP contribution in [0.15, 0.2) is 61.1 Å². The molecule has 2 aromatic heterocycles. The van der Waals surface area contributed by atoms with Gasteiger partial charge in [-0.15, -0.1) is 0 Å². The van der Waals surface area contributed by atoms with Crippen molar-refractivity contribution in [3.63, 3.8) is 0 Å². The van der Waals surface area contributed by atoms with Gasteiger partial charge in [-0.3, -0.25) is 4.98 Å². The van der Waals surface area contributed by atoms with Crippen molar-refractivity contribution in [2.24, 2.45) is 0 Å². The zero-order valence-electron chi connectivity index (χ0n) is 16.0. The Hall–Kier alpha value is -3.19. The second kappa shape index (κ2) is 8.67. The lowest BCUT2D eigenvalue weighted by Crippen LogP contribution is -2.44. The lowest BCUT2D eigenvalue weighted by atomic mass is 10.2. The highest BCUT2D eigenvalue weighted by molar-refractivity contribution is 5.60. The summed E-state index contributed by atoms with van der Waals surface area (Å²) >= 11 is 0. The Morgan fingerprint density at radius 1 is 0.893 bits per heavy atom. The summed E-state index contributed by atoms with van der Waals surface area (Å²) in [7, 11) is 2.17. The Morgan fingerprint density at radius 2 is 1.64 bits per heavy atom. The van der Waals surface area contributed by atoms with Crippen LogP contribution in [0.5, 0.6) is 0 Å². The van der Waals surface area contributed by atoms with E-state index >= 15 is 0 Å². The normalized spacial score (nSPS) is 14.7. The van der Waals surface area contributed by atoms with Gasteiger partial charge < -0.3 is 20.4 Å². The predicted octanol–water partition coefficient (Wildman–Crippen LogP) is 2.98. The smallest absolute Gasteiger partial charge is 0.229 e. The fourth-order valence-electron chi connectivity index (χ4n) is 3.16. The molecular formula is C21H25N7. The van der Waals surface area contributed by atoms with E-state index in [-0.39, 0.29) is 0 Å². The van der Waals surface area contributed by atoms with Crippen molar-refractivity contribution in [3.8, 4) is 0 Å². The summed E-state index contributed by atoms with van der Waals surface area (Å²) in [6.07, 6.45) is 5.33. The number of pyridine rings is 1. The summed E-state index contributed by atoms with van der Waals surface area (Å²) in [5, 5.41) is 6.59. The van der Waals surface area contributed by atoms with Crippen LogP contribution in [0, 0.1) is 0 Å². The third kappa shape index (κ3) is 4.75. The zero-order valence-corrected chi connectivity index (χ0v) is 16.0. The molecule has 1 aliphatic rings. The highest BCUT2D eigenvalue weighted by Gasteiger charge is 2.14. The van der Waals surface area contributed by atoms with E-state index in [9.17, 15) is 0 Å². The monoisotopic (exact) mass is 375 g/mol. The van der Waals surface area contributed by atoms with Crippen molar-refractivity contribution in [2.45, 2.75) is 6.54 Å². The molecule has 144 valence electrons. The van der Waals surface area contributed by atoms with Gasteiger partial charge in [0.25, 0.3) is 0 Å². The molecule has 0 bridgehead atoms. The molecule has 0 radical (unpaired) electrons. The minimum absolute atomic E-state index is 0.576. The van der Waals surface area contributed by atoms with E-state index in [1.165, 1.54) is 5.69 Å². The van der Waals surface area contributed by atoms with Crippen LogP contribution in [0.2, 0.25) is 0 Å². The third-order valence-electron chi connectivity index (χ3n) is 4.87. The molecule has 4 rings (SSSR count). The van der Waals surface area contributed by atoms with Gasteiger partial charge in [0.2, 0.25) is 5.95 Å². The molecule has 7 nitrogen and oxygen atoms in total. The Balaban J connectivity index is 1.36. The highest BCUT2D eigenvalue weighted by atomic mass is 15.2. The average molecular weight is 375 g/mol. The summed E-state index contributed by atoms with van der Waals surface area (Å²) in [4.78, 5) is 17.7. The van der Waals surface area contributed by atoms with Gasteiger partial charge in [0.15, 0.2) is 0 Å². The number of nitrogens with zero attached hydrogens (tertiary/aromatic N) is 5. The molecule has 1 aromatic carbocycles. The first-order chi connectivity index (χ1) is 13.8. The van der Waals surface area contributed by atoms with Crippen LogP contribution < -0.4 is 15.5 Å². The van der Waals surface area contributed by atoms with E-state index < -0.39 is 0 Å². The summed E-state index contributed by atoms with van der Waals surface area (Å²) in [5.41, 5.74) is 3.39. The Kier molecular flexibility index (Phi) is 5.63. The fraction of sp³-hybridized carbons (Fsp3) is 0.286. The predicted molar refractivity (Wildman–Crippen MR) is 113 cm³/mol. The van der Waals surface area contributed by atoms with Gasteiger partial charge in [0.1, 0.15) is 5.82 Å². The second-order valence-electron chi connectivity index (χ2n) is 6.94. The van der Waals surface area contributed by atoms with Gasteiger partial charge >= 0.3 is 0 Å². The lowest BCUT2D eigenvalue weighted by Gasteiger charge is -2.34. The lowest BCUT2D eigenvalue weighted by molar-refractivity contribution is 0.313. The summed E-state index contributed by atoms with van der Waals surface area (Å²) in [5.74, 6) is 1.36. The Morgan fingerprint density at radius 3 is 2.39 bits per heavy atom. The number of hydrogen-bond acceptors (Lipinski definition) is 7. The van der Waals surface area contributed by atoms with Crippen LogP contribution in [0.4, 0.5) is 23.1 Å². The number of rotatable bonds is 6. The quantitative estimate of drug-likeness (QED) is 0.686. The van der Waals surface area contributed by atoms with E-state index in [1.54, 1.807) is 18.6 Å². The summed E-state index contributed by atoms with van der Waals surface area (Å²) in [6.45, 7) is 5.04. The number of nitrogens with one attached hydrogen (secondary N) is 2. The minimum Gasteiger partial charge on any atom is -0.369 e. The molecule has 3 heterocycles. The van der Waals surface area contributed by atoms with Crippen LogP contribution in [-0.4, -0.2) is 53.1 Å². The molecule has 0 saturated carbocycles. The van der Waals surface area contributed by atoms with E-state index in [0.29, 0.717) is 12.5 Å². The first-order valence-electron chi connectivity index (χ1n) is 9.53. The molecule has 1 fully saturated rings. The van der Waals surface area contributed by atoms with Crippen molar-refractivity contribution >= 4 is 23.1 Å². The van der Waals surface area contributed by atoms with Crippen molar-refractivity contribution in [3.05, 3.63) is 66.6 Å². The second-order valence-corrected chi connectivity index (χ2v) is 6.94. The molecule has 7 heteroatoms. The molecular weight excluding hydrogens is 350 g/mol. The van der Waals surface area contributed by atoms with Gasteiger partial charge in [0.05, 0.1) is 0 Å². The van der Waals surface area contributed by atoms with Gasteiger partial charge in [-0.25, -0.2) is 4.98 Å². The third-order valence-corrected chi connectivity index (χ3v) is 4.87. The maximum Gasteiger partial charge on any atom is 0.229 e. The SMILES string of the molecule is CN1CCN(c2ccc(Nc3nccc(NCc4ccncc4)n3)cc2)CC1. The molecule has 0 spiro atoms. The standard InChI is InChI=1S/C21H25N7/c1-27-12-14-28(15-13-27)19-4-2-18(3-5-19)25-21-23-11-8-20(26-21)24-16-17-6-9-22-10-7-17/h2-11H,12-16H2,1H3,(H2,23,24,25,26). The number of benzene rings is 1. The maximum absolute atomic E-state index is 4.54. The summed E-state index contributed by atoms with van der Waals surface area (Å²) in [6, 6.07) is 14.3. The van der Waals surface area contributed by atoms with Crippen LogP contribution in [0.25, 0.3) is 0 Å². The van der Waals surface area contributed by atoms with Gasteiger partial charge in [0, 0.05) is 62.7 Å². The molecule has 1 aliphatic heterocycles. The van der Waals surface area contributed by atoms with Crippen molar-refractivity contribution in [2.75, 3.05) is 48.8 Å². The molecule has 0 amide bonds. The molecule has 3 aromatic rings. The minimum atomic E-state index is 0.576. The largest absolute Gasteiger partial charge is 0.369 e. The number of aromatic nitrogens is 3. The van der Waals surface area contributed by atoms with Crippen molar-refractivity contribution < 1.29 is 0 Å². The van der Waals surface area contributed by atoms with Crippen LogP contribution in [-0.2, 0) is 6.54 Å². The van der Waals surface area contributed by atoms with E-state index in [1.807, 2.05) is 18.2 Å². The number of anilines is 4. The number of hydrogen-bond donors (Lipinski definition) is 2. The van der Waals surface area contributed by atoms with E-state index in [2.05, 4.69) is 66.7 Å². The molecule has 0 atom stereocenters. The molecule has 28 heavy (non-hydrogen) atoms. The molecule has 2 N–H and O–H groups in total. The fourth-order valence-corrected chi connectivity index (χ4v) is 3.16. The highest BCUT2D eigenvalue weighted by Crippen LogP contribution is 2.21. The van der Waals surface area contributed by atoms with Gasteiger partial charge in [-0.05, 0) is 55.1 Å². The van der Waals surface area contributed by atoms with Crippen LogP contribution in [0.3, 0.4) is 0 Å². The van der Waals surface area contributed by atoms with Gasteiger partial charge in [-0.2, -0.15) is 4.98 Å². The molecule has 1 saturated heterocycles. The van der Waals surface area contributed by atoms with Crippen molar-refractivity contribution in [1.29, 1.82) is 0 Å². The molecule has 0 aliphatic carbocycles. The van der Waals surface area contributed by atoms with Crippen LogP contribution in [0.1, 0.15) is 5.56 Å². The molecule has 0 unspecified atom stereocenters. The van der Waals surface area contributed by atoms with Crippen LogP contribution >= 0.6 is 0 Å². The topological polar surface area (TPSA) is 69.2 Å². The summed E-state index contributed by atoms with van der Waals surface area (Å²) < 4.78 is 0. The Bertz CT molecular complexity index is 875. The Labute approximate surface area is 165 Å². The zero-order chi connectivity index (χ0) is 19.2. The number of likely N-dealkylation sites (N-methyl/N-ethyl adjacent to an activating group) is 1. The van der Waals surface area contributed by atoms with Gasteiger partial charge in [-0.1, -0.05) is 0 Å².